The Kier molecular flexibility index (Phi) is 2.85. The third-order valence-corrected chi connectivity index (χ3v) is 6.53. The van der Waals surface area contributed by atoms with Crippen molar-refractivity contribution in [3.8, 4) is 0 Å². The number of ketones is 1. The van der Waals surface area contributed by atoms with E-state index in [1.165, 1.54) is 0 Å². The zero-order valence-electron chi connectivity index (χ0n) is 10.4. The van der Waals surface area contributed by atoms with Crippen LogP contribution in [0.15, 0.2) is 12.7 Å². The Morgan fingerprint density at radius 2 is 2.19 bits per heavy atom. The van der Waals surface area contributed by atoms with E-state index in [4.69, 9.17) is 0 Å². The molecule has 2 fully saturated rings. The molecule has 0 aliphatic heterocycles. The number of carbonyl (C=O) groups is 1. The minimum absolute atomic E-state index is 0.116. The SMILES string of the molecule is C=CC[C@@]12CC(C)(C)[C@@H](CC(=O)[C@@H]1C)[C@@H]2Br. The molecule has 0 amide bonds. The molecule has 0 spiro atoms. The van der Waals surface area contributed by atoms with Crippen LogP contribution < -0.4 is 0 Å². The summed E-state index contributed by atoms with van der Waals surface area (Å²) >= 11 is 3.88. The molecule has 0 N–H and O–H groups in total. The molecule has 2 aliphatic rings. The highest BCUT2D eigenvalue weighted by Crippen LogP contribution is 2.65. The molecule has 16 heavy (non-hydrogen) atoms. The van der Waals surface area contributed by atoms with E-state index >= 15 is 0 Å². The summed E-state index contributed by atoms with van der Waals surface area (Å²) in [7, 11) is 0. The van der Waals surface area contributed by atoms with E-state index in [-0.39, 0.29) is 16.7 Å². The van der Waals surface area contributed by atoms with Crippen LogP contribution in [0.3, 0.4) is 0 Å². The zero-order chi connectivity index (χ0) is 12.1. The number of hydrogen-bond acceptors (Lipinski definition) is 1. The Hall–Kier alpha value is -0.110. The normalized spacial score (nSPS) is 45.8. The van der Waals surface area contributed by atoms with Gasteiger partial charge < -0.3 is 0 Å². The first kappa shape index (κ1) is 12.3. The van der Waals surface area contributed by atoms with Gasteiger partial charge in [0.05, 0.1) is 0 Å². The Bertz CT molecular complexity index is 334. The third-order valence-electron chi connectivity index (χ3n) is 4.98. The quantitative estimate of drug-likeness (QED) is 0.554. The molecule has 0 radical (unpaired) electrons. The van der Waals surface area contributed by atoms with Gasteiger partial charge in [0.15, 0.2) is 0 Å². The van der Waals surface area contributed by atoms with Crippen LogP contribution in [0.2, 0.25) is 0 Å². The third kappa shape index (κ3) is 1.45. The van der Waals surface area contributed by atoms with Crippen molar-refractivity contribution in [1.29, 1.82) is 0 Å². The van der Waals surface area contributed by atoms with Crippen molar-refractivity contribution in [2.75, 3.05) is 0 Å². The van der Waals surface area contributed by atoms with Gasteiger partial charge in [0, 0.05) is 17.2 Å². The second-order valence-corrected chi connectivity index (χ2v) is 7.28. The molecule has 0 unspecified atom stereocenters. The monoisotopic (exact) mass is 284 g/mol. The number of allylic oxidation sites excluding steroid dienone is 1. The van der Waals surface area contributed by atoms with Crippen molar-refractivity contribution >= 4 is 21.7 Å². The summed E-state index contributed by atoms with van der Waals surface area (Å²) in [5.74, 6) is 1.12. The molecule has 2 saturated carbocycles. The molecule has 2 aliphatic carbocycles. The lowest BCUT2D eigenvalue weighted by Crippen LogP contribution is -2.44. The molecule has 2 heteroatoms. The Morgan fingerprint density at radius 1 is 1.56 bits per heavy atom. The predicted molar refractivity (Wildman–Crippen MR) is 70.6 cm³/mol. The Labute approximate surface area is 107 Å². The van der Waals surface area contributed by atoms with Gasteiger partial charge in [-0.3, -0.25) is 4.79 Å². The van der Waals surface area contributed by atoms with Crippen LogP contribution in [-0.2, 0) is 4.79 Å². The fourth-order valence-electron chi connectivity index (χ4n) is 3.99. The predicted octanol–water partition coefficient (Wildman–Crippen LogP) is 3.97. The molecular weight excluding hydrogens is 264 g/mol. The van der Waals surface area contributed by atoms with Crippen LogP contribution in [0.25, 0.3) is 0 Å². The van der Waals surface area contributed by atoms with E-state index in [2.05, 4.69) is 43.3 Å². The maximum atomic E-state index is 12.1. The molecule has 0 saturated heterocycles. The minimum Gasteiger partial charge on any atom is -0.299 e. The van der Waals surface area contributed by atoms with Crippen LogP contribution in [0.1, 0.15) is 40.0 Å². The average Bonchev–Trinajstić information content (AvgIpc) is 2.33. The second kappa shape index (κ2) is 3.69. The molecular formula is C14H21BrO. The number of rotatable bonds is 2. The number of hydrogen-bond donors (Lipinski definition) is 0. The standard InChI is InChI=1S/C14H21BrO/c1-5-6-14-8-13(3,4)10(12(14)15)7-11(16)9(14)2/h5,9-10,12H,1,6-8H2,2-4H3/t9-,10-,12-,14+/m0/s1. The summed E-state index contributed by atoms with van der Waals surface area (Å²) in [6.07, 6.45) is 4.83. The van der Waals surface area contributed by atoms with Gasteiger partial charge in [-0.1, -0.05) is 42.8 Å². The fourth-order valence-corrected chi connectivity index (χ4v) is 5.64. The van der Waals surface area contributed by atoms with Gasteiger partial charge in [-0.15, -0.1) is 6.58 Å². The van der Waals surface area contributed by atoms with E-state index in [0.29, 0.717) is 16.5 Å². The van der Waals surface area contributed by atoms with Crippen molar-refractivity contribution in [2.24, 2.45) is 22.7 Å². The van der Waals surface area contributed by atoms with E-state index in [9.17, 15) is 4.79 Å². The van der Waals surface area contributed by atoms with Gasteiger partial charge in [-0.25, -0.2) is 0 Å². The first-order valence-corrected chi connectivity index (χ1v) is 7.04. The minimum atomic E-state index is 0.116. The molecule has 2 rings (SSSR count). The van der Waals surface area contributed by atoms with E-state index in [0.717, 1.165) is 19.3 Å². The highest BCUT2D eigenvalue weighted by Gasteiger charge is 2.62. The van der Waals surface area contributed by atoms with Crippen molar-refractivity contribution < 1.29 is 4.79 Å². The topological polar surface area (TPSA) is 17.1 Å². The molecule has 90 valence electrons. The van der Waals surface area contributed by atoms with Crippen molar-refractivity contribution in [3.63, 3.8) is 0 Å². The summed E-state index contributed by atoms with van der Waals surface area (Å²) in [5, 5.41) is 0. The second-order valence-electron chi connectivity index (χ2n) is 6.29. The highest BCUT2D eigenvalue weighted by molar-refractivity contribution is 9.09. The maximum absolute atomic E-state index is 12.1. The number of fused-ring (bicyclic) bond motifs is 2. The van der Waals surface area contributed by atoms with Gasteiger partial charge in [0.1, 0.15) is 5.78 Å². The van der Waals surface area contributed by atoms with E-state index in [1.807, 2.05) is 6.08 Å². The van der Waals surface area contributed by atoms with E-state index < -0.39 is 0 Å². The summed E-state index contributed by atoms with van der Waals surface area (Å²) in [5.41, 5.74) is 0.392. The molecule has 0 aromatic carbocycles. The van der Waals surface area contributed by atoms with Crippen LogP contribution in [0.4, 0.5) is 0 Å². The lowest BCUT2D eigenvalue weighted by atomic mass is 9.66. The van der Waals surface area contributed by atoms with Gasteiger partial charge >= 0.3 is 0 Å². The number of carbonyl (C=O) groups excluding carboxylic acids is 1. The van der Waals surface area contributed by atoms with Gasteiger partial charge in [0.2, 0.25) is 0 Å². The summed E-state index contributed by atoms with van der Waals surface area (Å²) in [6.45, 7) is 10.6. The van der Waals surface area contributed by atoms with E-state index in [1.54, 1.807) is 0 Å². The van der Waals surface area contributed by atoms with Gasteiger partial charge in [-0.2, -0.15) is 0 Å². The largest absolute Gasteiger partial charge is 0.299 e. The molecule has 0 aromatic heterocycles. The molecule has 2 bridgehead atoms. The summed E-state index contributed by atoms with van der Waals surface area (Å²) < 4.78 is 0. The maximum Gasteiger partial charge on any atom is 0.136 e. The molecule has 1 nitrogen and oxygen atoms in total. The van der Waals surface area contributed by atoms with Gasteiger partial charge in [0.25, 0.3) is 0 Å². The van der Waals surface area contributed by atoms with Crippen molar-refractivity contribution in [2.45, 2.75) is 44.9 Å². The van der Waals surface area contributed by atoms with Crippen LogP contribution >= 0.6 is 15.9 Å². The Balaban J connectivity index is 2.46. The first-order valence-electron chi connectivity index (χ1n) is 6.13. The van der Waals surface area contributed by atoms with Crippen LogP contribution in [0.5, 0.6) is 0 Å². The fraction of sp³-hybridized carbons (Fsp3) is 0.786. The first-order chi connectivity index (χ1) is 7.35. The van der Waals surface area contributed by atoms with Gasteiger partial charge in [-0.05, 0) is 29.6 Å². The number of halogens is 1. The summed E-state index contributed by atoms with van der Waals surface area (Å²) in [6, 6.07) is 0. The number of Topliss-reactive ketones (excluding diaryl/α,β-unsaturated/α-hetero) is 1. The molecule has 4 atom stereocenters. The molecule has 0 heterocycles. The smallest absolute Gasteiger partial charge is 0.136 e. The lowest BCUT2D eigenvalue weighted by molar-refractivity contribution is -0.129. The van der Waals surface area contributed by atoms with Crippen LogP contribution in [0, 0.1) is 22.7 Å². The molecule has 0 aromatic rings. The average molecular weight is 285 g/mol. The van der Waals surface area contributed by atoms with Crippen molar-refractivity contribution in [1.82, 2.24) is 0 Å². The van der Waals surface area contributed by atoms with Crippen molar-refractivity contribution in [3.05, 3.63) is 12.7 Å². The Morgan fingerprint density at radius 3 is 2.75 bits per heavy atom. The zero-order valence-corrected chi connectivity index (χ0v) is 12.0. The summed E-state index contributed by atoms with van der Waals surface area (Å²) in [4.78, 5) is 12.6. The number of alkyl halides is 1. The van der Waals surface area contributed by atoms with Crippen LogP contribution in [-0.4, -0.2) is 10.6 Å². The highest BCUT2D eigenvalue weighted by atomic mass is 79.9. The lowest BCUT2D eigenvalue weighted by Gasteiger charge is -2.42.